The Balaban J connectivity index is 0. The van der Waals surface area contributed by atoms with Gasteiger partial charge in [0.05, 0.1) is 13.2 Å². The second-order valence-electron chi connectivity index (χ2n) is 8.77. The average Bonchev–Trinajstić information content (AvgIpc) is 2.77. The van der Waals surface area contributed by atoms with E-state index in [2.05, 4.69) is 13.8 Å². The lowest BCUT2D eigenvalue weighted by Gasteiger charge is -2.03. The summed E-state index contributed by atoms with van der Waals surface area (Å²) in [6, 6.07) is 0. The third kappa shape index (κ3) is 31.1. The molecule has 4 heteroatoms. The minimum atomic E-state index is -0.0472. The second kappa shape index (κ2) is 29.9. The van der Waals surface area contributed by atoms with Crippen molar-refractivity contribution in [2.75, 3.05) is 13.2 Å². The number of rotatable bonds is 22. The van der Waals surface area contributed by atoms with Crippen LogP contribution in [0.2, 0.25) is 0 Å². The van der Waals surface area contributed by atoms with Crippen molar-refractivity contribution in [3.8, 4) is 0 Å². The molecule has 0 bridgehead atoms. The van der Waals surface area contributed by atoms with E-state index in [0.29, 0.717) is 26.1 Å². The topological polar surface area (TPSA) is 52.6 Å². The van der Waals surface area contributed by atoms with Crippen LogP contribution in [0.15, 0.2) is 0 Å². The summed E-state index contributed by atoms with van der Waals surface area (Å²) < 4.78 is 9.72. The molecule has 0 radical (unpaired) electrons. The molecule has 0 aliphatic rings. The molecule has 0 atom stereocenters. The summed E-state index contributed by atoms with van der Waals surface area (Å²) in [6.45, 7) is 9.18. The predicted molar refractivity (Wildman–Crippen MR) is 137 cm³/mol. The number of hydrogen-bond acceptors (Lipinski definition) is 4. The molecule has 0 saturated heterocycles. The zero-order chi connectivity index (χ0) is 24.1. The largest absolute Gasteiger partial charge is 0.466 e. The van der Waals surface area contributed by atoms with Gasteiger partial charge in [-0.15, -0.1) is 0 Å². The highest BCUT2D eigenvalue weighted by Gasteiger charge is 2.01. The van der Waals surface area contributed by atoms with Gasteiger partial charge in [0.2, 0.25) is 0 Å². The van der Waals surface area contributed by atoms with E-state index in [1.54, 1.807) is 0 Å². The van der Waals surface area contributed by atoms with Gasteiger partial charge in [-0.2, -0.15) is 0 Å². The molecule has 0 fully saturated rings. The fourth-order valence-electron chi connectivity index (χ4n) is 3.63. The maximum absolute atomic E-state index is 11.1. The van der Waals surface area contributed by atoms with E-state index in [9.17, 15) is 9.59 Å². The molecular weight excluding hydrogens is 400 g/mol. The molecule has 0 aromatic rings. The third-order valence-corrected chi connectivity index (χ3v) is 5.58. The van der Waals surface area contributed by atoms with Gasteiger partial charge in [-0.25, -0.2) is 0 Å². The molecule has 0 aliphatic heterocycles. The van der Waals surface area contributed by atoms with Crippen molar-refractivity contribution in [1.82, 2.24) is 0 Å². The molecule has 192 valence electrons. The quantitative estimate of drug-likeness (QED) is 0.120. The van der Waals surface area contributed by atoms with Crippen molar-refractivity contribution in [2.24, 2.45) is 0 Å². The Morgan fingerprint density at radius 1 is 0.406 bits per heavy atom. The minimum absolute atomic E-state index is 0.0319. The van der Waals surface area contributed by atoms with E-state index in [0.717, 1.165) is 19.3 Å². The first kappa shape index (κ1) is 33.1. The van der Waals surface area contributed by atoms with Gasteiger partial charge in [-0.1, -0.05) is 117 Å². The molecule has 0 aliphatic carbocycles. The zero-order valence-electron chi connectivity index (χ0n) is 22.2. The van der Waals surface area contributed by atoms with Crippen LogP contribution in [-0.4, -0.2) is 25.2 Å². The van der Waals surface area contributed by atoms with E-state index in [1.165, 1.54) is 96.3 Å². The molecule has 32 heavy (non-hydrogen) atoms. The molecule has 0 saturated carbocycles. The zero-order valence-corrected chi connectivity index (χ0v) is 22.2. The molecule has 0 unspecified atom stereocenters. The van der Waals surface area contributed by atoms with Gasteiger partial charge in [0.15, 0.2) is 0 Å². The van der Waals surface area contributed by atoms with Gasteiger partial charge in [0, 0.05) is 12.8 Å². The number of unbranched alkanes of at least 4 members (excludes halogenated alkanes) is 16. The monoisotopic (exact) mass is 456 g/mol. The summed E-state index contributed by atoms with van der Waals surface area (Å²) >= 11 is 0. The van der Waals surface area contributed by atoms with E-state index >= 15 is 0 Å². The van der Waals surface area contributed by atoms with Crippen molar-refractivity contribution in [3.63, 3.8) is 0 Å². The minimum Gasteiger partial charge on any atom is -0.466 e. The Hall–Kier alpha value is -1.06. The van der Waals surface area contributed by atoms with Gasteiger partial charge >= 0.3 is 11.9 Å². The number of hydrogen-bond donors (Lipinski definition) is 0. The van der Waals surface area contributed by atoms with Gasteiger partial charge < -0.3 is 9.47 Å². The first-order valence-electron chi connectivity index (χ1n) is 13.9. The molecule has 0 aromatic heterocycles. The highest BCUT2D eigenvalue weighted by molar-refractivity contribution is 5.69. The molecule has 0 spiro atoms. The van der Waals surface area contributed by atoms with Crippen LogP contribution in [0.25, 0.3) is 0 Å². The first-order chi connectivity index (χ1) is 15.6. The highest BCUT2D eigenvalue weighted by Crippen LogP contribution is 2.13. The summed E-state index contributed by atoms with van der Waals surface area (Å²) in [5.41, 5.74) is 0. The maximum Gasteiger partial charge on any atom is 0.305 e. The van der Waals surface area contributed by atoms with Crippen LogP contribution >= 0.6 is 0 Å². The standard InChI is InChI=1S/C18H36O2.C10H20O2/c1-3-5-6-7-8-9-10-11-12-13-14-15-16-17-18(19)20-4-2;1-3-5-6-7-8-9-10(11)12-4-2/h3-17H2,1-2H3;3-9H2,1-2H3. The number of ether oxygens (including phenoxy) is 2. The first-order valence-corrected chi connectivity index (χ1v) is 13.9. The lowest BCUT2D eigenvalue weighted by atomic mass is 10.0. The number of esters is 2. The fraction of sp³-hybridized carbons (Fsp3) is 0.929. The summed E-state index contributed by atoms with van der Waals surface area (Å²) in [6.07, 6.45) is 24.5. The van der Waals surface area contributed by atoms with E-state index in [1.807, 2.05) is 13.8 Å². The third-order valence-electron chi connectivity index (χ3n) is 5.58. The summed E-state index contributed by atoms with van der Waals surface area (Å²) in [5.74, 6) is -0.0791. The van der Waals surface area contributed by atoms with Crippen LogP contribution in [0.3, 0.4) is 0 Å². The summed E-state index contributed by atoms with van der Waals surface area (Å²) in [4.78, 5) is 22.0. The van der Waals surface area contributed by atoms with E-state index in [4.69, 9.17) is 9.47 Å². The molecule has 0 aromatic carbocycles. The van der Waals surface area contributed by atoms with Crippen molar-refractivity contribution < 1.29 is 19.1 Å². The van der Waals surface area contributed by atoms with E-state index < -0.39 is 0 Å². The maximum atomic E-state index is 11.1. The van der Waals surface area contributed by atoms with Crippen molar-refractivity contribution >= 4 is 11.9 Å². The Bertz CT molecular complexity index is 382. The van der Waals surface area contributed by atoms with Crippen molar-refractivity contribution in [1.29, 1.82) is 0 Å². The van der Waals surface area contributed by atoms with Crippen molar-refractivity contribution in [3.05, 3.63) is 0 Å². The second-order valence-corrected chi connectivity index (χ2v) is 8.77. The van der Waals surface area contributed by atoms with Crippen LogP contribution < -0.4 is 0 Å². The van der Waals surface area contributed by atoms with Crippen molar-refractivity contribution in [2.45, 2.75) is 156 Å². The Kier molecular flexibility index (Phi) is 31.0. The molecular formula is C28H56O4. The number of carbonyl (C=O) groups is 2. The van der Waals surface area contributed by atoms with Gasteiger partial charge in [0.1, 0.15) is 0 Å². The summed E-state index contributed by atoms with van der Waals surface area (Å²) in [7, 11) is 0. The fourth-order valence-corrected chi connectivity index (χ4v) is 3.63. The van der Waals surface area contributed by atoms with Crippen LogP contribution in [0.5, 0.6) is 0 Å². The predicted octanol–water partition coefficient (Wildman–Crippen LogP) is 8.94. The van der Waals surface area contributed by atoms with Gasteiger partial charge in [0.25, 0.3) is 0 Å². The smallest absolute Gasteiger partial charge is 0.305 e. The van der Waals surface area contributed by atoms with E-state index in [-0.39, 0.29) is 11.9 Å². The Morgan fingerprint density at radius 3 is 0.906 bits per heavy atom. The van der Waals surface area contributed by atoms with Crippen LogP contribution in [0.4, 0.5) is 0 Å². The molecule has 4 nitrogen and oxygen atoms in total. The molecule has 0 amide bonds. The Morgan fingerprint density at radius 2 is 0.656 bits per heavy atom. The van der Waals surface area contributed by atoms with Gasteiger partial charge in [-0.3, -0.25) is 9.59 Å². The molecule has 0 heterocycles. The molecule has 0 N–H and O–H groups in total. The average molecular weight is 457 g/mol. The van der Waals surface area contributed by atoms with Crippen LogP contribution in [0.1, 0.15) is 156 Å². The molecule has 0 rings (SSSR count). The van der Waals surface area contributed by atoms with Gasteiger partial charge in [-0.05, 0) is 26.7 Å². The Labute approximate surface area is 200 Å². The normalized spacial score (nSPS) is 10.4. The van der Waals surface area contributed by atoms with Crippen LogP contribution in [0, 0.1) is 0 Å². The van der Waals surface area contributed by atoms with Crippen LogP contribution in [-0.2, 0) is 19.1 Å². The highest BCUT2D eigenvalue weighted by atomic mass is 16.5. The number of carbonyl (C=O) groups excluding carboxylic acids is 2. The summed E-state index contributed by atoms with van der Waals surface area (Å²) in [5, 5.41) is 0. The lowest BCUT2D eigenvalue weighted by Crippen LogP contribution is -2.03. The SMILES string of the molecule is CCCCCCCC(=O)OCC.CCCCCCCCCCCCCCCC(=O)OCC. The lowest BCUT2D eigenvalue weighted by molar-refractivity contribution is -0.144.